The zero-order valence-electron chi connectivity index (χ0n) is 11.3. The SMILES string of the molecule is Cc1sc(C2CCNCC2c2ccccc2F)cc1Br. The Balaban J connectivity index is 1.97. The average Bonchev–Trinajstić information content (AvgIpc) is 2.79. The lowest BCUT2D eigenvalue weighted by Gasteiger charge is -2.32. The Morgan fingerprint density at radius 3 is 2.80 bits per heavy atom. The minimum absolute atomic E-state index is 0.0847. The van der Waals surface area contributed by atoms with Crippen LogP contribution in [-0.4, -0.2) is 13.1 Å². The highest BCUT2D eigenvalue weighted by Crippen LogP contribution is 2.42. The largest absolute Gasteiger partial charge is 0.316 e. The smallest absolute Gasteiger partial charge is 0.126 e. The van der Waals surface area contributed by atoms with Crippen LogP contribution in [0.1, 0.15) is 33.6 Å². The summed E-state index contributed by atoms with van der Waals surface area (Å²) in [6.45, 7) is 3.97. The van der Waals surface area contributed by atoms with Crippen LogP contribution in [0.25, 0.3) is 0 Å². The lowest BCUT2D eigenvalue weighted by molar-refractivity contribution is 0.397. The molecule has 3 rings (SSSR count). The summed E-state index contributed by atoms with van der Waals surface area (Å²) in [6, 6.07) is 9.39. The molecule has 2 heterocycles. The Kier molecular flexibility index (Phi) is 4.24. The van der Waals surface area contributed by atoms with Gasteiger partial charge in [0.2, 0.25) is 0 Å². The normalized spacial score (nSPS) is 22.9. The number of thiophene rings is 1. The van der Waals surface area contributed by atoms with Gasteiger partial charge in [-0.05, 0) is 53.5 Å². The summed E-state index contributed by atoms with van der Waals surface area (Å²) < 4.78 is 15.3. The molecule has 0 aliphatic carbocycles. The topological polar surface area (TPSA) is 12.0 Å². The predicted octanol–water partition coefficient (Wildman–Crippen LogP) is 4.82. The molecule has 1 N–H and O–H groups in total. The van der Waals surface area contributed by atoms with Gasteiger partial charge in [0, 0.05) is 32.6 Å². The molecule has 2 unspecified atom stereocenters. The number of hydrogen-bond acceptors (Lipinski definition) is 2. The minimum atomic E-state index is -0.0847. The first-order valence-corrected chi connectivity index (χ1v) is 8.48. The van der Waals surface area contributed by atoms with Gasteiger partial charge in [-0.2, -0.15) is 0 Å². The van der Waals surface area contributed by atoms with Gasteiger partial charge in [0.15, 0.2) is 0 Å². The van der Waals surface area contributed by atoms with Crippen LogP contribution < -0.4 is 5.32 Å². The maximum atomic E-state index is 14.1. The molecular formula is C16H17BrFNS. The van der Waals surface area contributed by atoms with Gasteiger partial charge in [-0.15, -0.1) is 11.3 Å². The van der Waals surface area contributed by atoms with E-state index in [2.05, 4.69) is 34.2 Å². The Morgan fingerprint density at radius 1 is 1.30 bits per heavy atom. The summed E-state index contributed by atoms with van der Waals surface area (Å²) in [5.74, 6) is 0.539. The van der Waals surface area contributed by atoms with Crippen molar-refractivity contribution in [3.8, 4) is 0 Å². The maximum Gasteiger partial charge on any atom is 0.126 e. The monoisotopic (exact) mass is 353 g/mol. The fourth-order valence-corrected chi connectivity index (χ4v) is 4.73. The summed E-state index contributed by atoms with van der Waals surface area (Å²) in [5, 5.41) is 3.41. The molecule has 0 spiro atoms. The Labute approximate surface area is 131 Å². The number of hydrogen-bond donors (Lipinski definition) is 1. The molecule has 2 atom stereocenters. The molecule has 1 nitrogen and oxygen atoms in total. The summed E-state index contributed by atoms with van der Waals surface area (Å²) in [6.07, 6.45) is 1.06. The van der Waals surface area contributed by atoms with Crippen molar-refractivity contribution in [2.75, 3.05) is 13.1 Å². The fourth-order valence-electron chi connectivity index (χ4n) is 2.97. The van der Waals surface area contributed by atoms with E-state index in [9.17, 15) is 4.39 Å². The van der Waals surface area contributed by atoms with Gasteiger partial charge in [0.05, 0.1) is 0 Å². The molecule has 1 aromatic heterocycles. The summed E-state index contributed by atoms with van der Waals surface area (Å²) in [5.41, 5.74) is 0.840. The molecule has 0 radical (unpaired) electrons. The highest BCUT2D eigenvalue weighted by molar-refractivity contribution is 9.10. The number of rotatable bonds is 2. The van der Waals surface area contributed by atoms with E-state index >= 15 is 0 Å². The molecule has 20 heavy (non-hydrogen) atoms. The number of nitrogens with one attached hydrogen (secondary N) is 1. The molecule has 4 heteroatoms. The van der Waals surface area contributed by atoms with E-state index < -0.39 is 0 Å². The molecule has 1 aliphatic heterocycles. The van der Waals surface area contributed by atoms with Gasteiger partial charge in [0.1, 0.15) is 5.82 Å². The van der Waals surface area contributed by atoms with E-state index in [0.29, 0.717) is 5.92 Å². The van der Waals surface area contributed by atoms with Crippen molar-refractivity contribution < 1.29 is 4.39 Å². The minimum Gasteiger partial charge on any atom is -0.316 e. The summed E-state index contributed by atoms with van der Waals surface area (Å²) in [7, 11) is 0. The van der Waals surface area contributed by atoms with Crippen LogP contribution in [0.4, 0.5) is 4.39 Å². The Morgan fingerprint density at radius 2 is 2.10 bits per heavy atom. The first kappa shape index (κ1) is 14.2. The van der Waals surface area contributed by atoms with E-state index in [0.717, 1.165) is 25.1 Å². The van der Waals surface area contributed by atoms with Crippen LogP contribution >= 0.6 is 27.3 Å². The van der Waals surface area contributed by atoms with Gasteiger partial charge in [-0.1, -0.05) is 18.2 Å². The van der Waals surface area contributed by atoms with Crippen molar-refractivity contribution in [1.82, 2.24) is 5.32 Å². The Bertz CT molecular complexity index is 591. The van der Waals surface area contributed by atoms with E-state index in [1.54, 1.807) is 12.1 Å². The second kappa shape index (κ2) is 5.96. The maximum absolute atomic E-state index is 14.1. The molecule has 0 bridgehead atoms. The average molecular weight is 354 g/mol. The second-order valence-electron chi connectivity index (χ2n) is 5.28. The van der Waals surface area contributed by atoms with Crippen LogP contribution in [0.5, 0.6) is 0 Å². The van der Waals surface area contributed by atoms with Gasteiger partial charge in [0.25, 0.3) is 0 Å². The molecule has 106 valence electrons. The molecular weight excluding hydrogens is 337 g/mol. The standard InChI is InChI=1S/C16H17BrFNS/c1-10-14(17)8-16(20-10)12-6-7-19-9-13(12)11-4-2-3-5-15(11)18/h2-5,8,12-13,19H,6-7,9H2,1H3. The zero-order chi connectivity index (χ0) is 14.1. The van der Waals surface area contributed by atoms with Gasteiger partial charge in [-0.25, -0.2) is 4.39 Å². The third kappa shape index (κ3) is 2.69. The van der Waals surface area contributed by atoms with Crippen LogP contribution in [0.15, 0.2) is 34.8 Å². The van der Waals surface area contributed by atoms with E-state index in [-0.39, 0.29) is 11.7 Å². The first-order chi connectivity index (χ1) is 9.66. The molecule has 2 aromatic rings. The Hall–Kier alpha value is -0.710. The van der Waals surface area contributed by atoms with E-state index in [1.165, 1.54) is 14.2 Å². The molecule has 1 fully saturated rings. The van der Waals surface area contributed by atoms with Gasteiger partial charge >= 0.3 is 0 Å². The number of aryl methyl sites for hydroxylation is 1. The quantitative estimate of drug-likeness (QED) is 0.815. The summed E-state index contributed by atoms with van der Waals surface area (Å²) >= 11 is 5.42. The van der Waals surface area contributed by atoms with Crippen molar-refractivity contribution in [3.05, 3.63) is 55.9 Å². The molecule has 1 saturated heterocycles. The van der Waals surface area contributed by atoms with E-state index in [4.69, 9.17) is 0 Å². The third-order valence-corrected chi connectivity index (χ3v) is 6.30. The molecule has 1 aliphatic rings. The molecule has 1 aromatic carbocycles. The highest BCUT2D eigenvalue weighted by Gasteiger charge is 2.30. The fraction of sp³-hybridized carbons (Fsp3) is 0.375. The van der Waals surface area contributed by atoms with Crippen molar-refractivity contribution in [1.29, 1.82) is 0 Å². The number of piperidine rings is 1. The number of halogens is 2. The zero-order valence-corrected chi connectivity index (χ0v) is 13.7. The van der Waals surface area contributed by atoms with Crippen molar-refractivity contribution in [2.24, 2.45) is 0 Å². The second-order valence-corrected chi connectivity index (χ2v) is 7.42. The van der Waals surface area contributed by atoms with Crippen LogP contribution in [0.2, 0.25) is 0 Å². The van der Waals surface area contributed by atoms with Crippen molar-refractivity contribution in [3.63, 3.8) is 0 Å². The van der Waals surface area contributed by atoms with Crippen LogP contribution in [-0.2, 0) is 0 Å². The first-order valence-electron chi connectivity index (χ1n) is 6.88. The summed E-state index contributed by atoms with van der Waals surface area (Å²) in [4.78, 5) is 2.66. The van der Waals surface area contributed by atoms with Crippen LogP contribution in [0.3, 0.4) is 0 Å². The van der Waals surface area contributed by atoms with Crippen molar-refractivity contribution >= 4 is 27.3 Å². The lowest BCUT2D eigenvalue weighted by atomic mass is 9.80. The highest BCUT2D eigenvalue weighted by atomic mass is 79.9. The van der Waals surface area contributed by atoms with E-state index in [1.807, 2.05) is 23.5 Å². The number of benzene rings is 1. The van der Waals surface area contributed by atoms with Gasteiger partial charge < -0.3 is 5.32 Å². The molecule has 0 saturated carbocycles. The lowest BCUT2D eigenvalue weighted by Crippen LogP contribution is -2.34. The predicted molar refractivity (Wildman–Crippen MR) is 86.1 cm³/mol. The third-order valence-electron chi connectivity index (χ3n) is 4.03. The van der Waals surface area contributed by atoms with Crippen LogP contribution in [0, 0.1) is 12.7 Å². The van der Waals surface area contributed by atoms with Crippen molar-refractivity contribution in [2.45, 2.75) is 25.2 Å². The molecule has 0 amide bonds. The van der Waals surface area contributed by atoms with Gasteiger partial charge in [-0.3, -0.25) is 0 Å².